The molecule has 1 fully saturated rings. The van der Waals surface area contributed by atoms with Crippen molar-refractivity contribution in [1.29, 1.82) is 0 Å². The third kappa shape index (κ3) is 3.41. The summed E-state index contributed by atoms with van der Waals surface area (Å²) in [5, 5.41) is 3.06. The molecule has 1 aromatic carbocycles. The topological polar surface area (TPSA) is 75.4 Å². The molecule has 1 heterocycles. The maximum atomic E-state index is 12.6. The molecule has 1 aromatic rings. The molecule has 3 N–H and O–H groups in total. The van der Waals surface area contributed by atoms with E-state index < -0.39 is 0 Å². The number of amides is 2. The predicted molar refractivity (Wildman–Crippen MR) is 83.6 cm³/mol. The molecule has 0 aliphatic carbocycles. The second-order valence-corrected chi connectivity index (χ2v) is 5.85. The van der Waals surface area contributed by atoms with Crippen LogP contribution in [0.5, 0.6) is 0 Å². The summed E-state index contributed by atoms with van der Waals surface area (Å²) in [6, 6.07) is 3.02. The van der Waals surface area contributed by atoms with Gasteiger partial charge >= 0.3 is 0 Å². The molecule has 1 atom stereocenters. The SMILES string of the molecule is CNC(=O)C1CCCN(C(=O)c2cc(N)cc(Cl)c2Cl)C1. The number of carbonyl (C=O) groups excluding carboxylic acids is 2. The van der Waals surface area contributed by atoms with Gasteiger partial charge < -0.3 is 16.0 Å². The van der Waals surface area contributed by atoms with Gasteiger partial charge in [-0.15, -0.1) is 0 Å². The number of nitrogen functional groups attached to an aromatic ring is 1. The molecule has 0 bridgehead atoms. The first-order valence-electron chi connectivity index (χ1n) is 6.69. The van der Waals surface area contributed by atoms with Gasteiger partial charge in [0.2, 0.25) is 5.91 Å². The summed E-state index contributed by atoms with van der Waals surface area (Å²) in [5.74, 6) is -0.491. The molecule has 0 aromatic heterocycles. The number of hydrogen-bond donors (Lipinski definition) is 2. The number of halogens is 2. The normalized spacial score (nSPS) is 18.4. The van der Waals surface area contributed by atoms with Crippen LogP contribution in [0.15, 0.2) is 12.1 Å². The van der Waals surface area contributed by atoms with Gasteiger partial charge in [0.05, 0.1) is 21.5 Å². The van der Waals surface area contributed by atoms with Crippen LogP contribution in [0, 0.1) is 5.92 Å². The lowest BCUT2D eigenvalue weighted by molar-refractivity contribution is -0.125. The van der Waals surface area contributed by atoms with E-state index in [1.807, 2.05) is 0 Å². The lowest BCUT2D eigenvalue weighted by Gasteiger charge is -2.32. The Bertz CT molecular complexity index is 578. The van der Waals surface area contributed by atoms with E-state index in [4.69, 9.17) is 28.9 Å². The smallest absolute Gasteiger partial charge is 0.255 e. The molecule has 7 heteroatoms. The highest BCUT2D eigenvalue weighted by Gasteiger charge is 2.29. The highest BCUT2D eigenvalue weighted by atomic mass is 35.5. The minimum atomic E-state index is -0.247. The Labute approximate surface area is 133 Å². The van der Waals surface area contributed by atoms with Gasteiger partial charge in [0.1, 0.15) is 0 Å². The average Bonchev–Trinajstić information content (AvgIpc) is 2.49. The molecule has 1 aliphatic heterocycles. The molecule has 0 spiro atoms. The number of carbonyl (C=O) groups is 2. The van der Waals surface area contributed by atoms with E-state index in [9.17, 15) is 9.59 Å². The van der Waals surface area contributed by atoms with Gasteiger partial charge in [-0.3, -0.25) is 9.59 Å². The van der Waals surface area contributed by atoms with Crippen molar-refractivity contribution in [3.05, 3.63) is 27.7 Å². The Hall–Kier alpha value is -1.46. The van der Waals surface area contributed by atoms with Crippen LogP contribution in [0.25, 0.3) is 0 Å². The molecular weight excluding hydrogens is 313 g/mol. The van der Waals surface area contributed by atoms with E-state index in [1.54, 1.807) is 11.9 Å². The molecule has 21 heavy (non-hydrogen) atoms. The van der Waals surface area contributed by atoms with Crippen LogP contribution < -0.4 is 11.1 Å². The number of nitrogens with zero attached hydrogens (tertiary/aromatic N) is 1. The maximum absolute atomic E-state index is 12.6. The van der Waals surface area contributed by atoms with Crippen molar-refractivity contribution < 1.29 is 9.59 Å². The predicted octanol–water partition coefficient (Wildman–Crippen LogP) is 2.17. The molecule has 2 amide bonds. The van der Waals surface area contributed by atoms with Crippen LogP contribution in [-0.2, 0) is 4.79 Å². The summed E-state index contributed by atoms with van der Waals surface area (Å²) in [7, 11) is 1.59. The standard InChI is InChI=1S/C14H17Cl2N3O2/c1-18-13(20)8-3-2-4-19(7-8)14(21)10-5-9(17)6-11(15)12(10)16/h5-6,8H,2-4,7,17H2,1H3,(H,18,20). The van der Waals surface area contributed by atoms with Crippen LogP contribution in [0.2, 0.25) is 10.0 Å². The number of rotatable bonds is 2. The third-order valence-corrected chi connectivity index (χ3v) is 4.41. The number of benzene rings is 1. The minimum Gasteiger partial charge on any atom is -0.399 e. The van der Waals surface area contributed by atoms with Crippen LogP contribution in [0.3, 0.4) is 0 Å². The molecule has 5 nitrogen and oxygen atoms in total. The van der Waals surface area contributed by atoms with Crippen molar-refractivity contribution in [2.75, 3.05) is 25.9 Å². The quantitative estimate of drug-likeness (QED) is 0.816. The summed E-state index contributed by atoms with van der Waals surface area (Å²) in [4.78, 5) is 25.9. The third-order valence-electron chi connectivity index (χ3n) is 3.61. The number of nitrogens with two attached hydrogens (primary N) is 1. The van der Waals surface area contributed by atoms with Gasteiger partial charge in [-0.1, -0.05) is 23.2 Å². The van der Waals surface area contributed by atoms with Crippen molar-refractivity contribution in [2.45, 2.75) is 12.8 Å². The zero-order valence-corrected chi connectivity index (χ0v) is 13.2. The lowest BCUT2D eigenvalue weighted by Crippen LogP contribution is -2.44. The van der Waals surface area contributed by atoms with Crippen molar-refractivity contribution >= 4 is 40.7 Å². The fourth-order valence-electron chi connectivity index (χ4n) is 2.52. The van der Waals surface area contributed by atoms with E-state index in [1.165, 1.54) is 12.1 Å². The number of piperidine rings is 1. The fourth-order valence-corrected chi connectivity index (χ4v) is 2.93. The molecule has 1 aliphatic rings. The van der Waals surface area contributed by atoms with Gasteiger partial charge in [0.25, 0.3) is 5.91 Å². The van der Waals surface area contributed by atoms with Crippen molar-refractivity contribution in [1.82, 2.24) is 10.2 Å². The molecule has 1 unspecified atom stereocenters. The van der Waals surface area contributed by atoms with E-state index in [0.717, 1.165) is 12.8 Å². The number of likely N-dealkylation sites (tertiary alicyclic amines) is 1. The number of nitrogens with one attached hydrogen (secondary N) is 1. The van der Waals surface area contributed by atoms with Gasteiger partial charge in [-0.2, -0.15) is 0 Å². The van der Waals surface area contributed by atoms with Gasteiger partial charge in [0, 0.05) is 25.8 Å². The largest absolute Gasteiger partial charge is 0.399 e. The van der Waals surface area contributed by atoms with Gasteiger partial charge in [-0.25, -0.2) is 0 Å². The van der Waals surface area contributed by atoms with E-state index in [-0.39, 0.29) is 33.3 Å². The summed E-state index contributed by atoms with van der Waals surface area (Å²) in [6.45, 7) is 0.969. The Morgan fingerprint density at radius 1 is 1.38 bits per heavy atom. The Morgan fingerprint density at radius 2 is 2.10 bits per heavy atom. The second-order valence-electron chi connectivity index (χ2n) is 5.07. The highest BCUT2D eigenvalue weighted by molar-refractivity contribution is 6.44. The molecule has 114 valence electrons. The number of hydrogen-bond acceptors (Lipinski definition) is 3. The van der Waals surface area contributed by atoms with Gasteiger partial charge in [0.15, 0.2) is 0 Å². The lowest BCUT2D eigenvalue weighted by atomic mass is 9.96. The molecule has 2 rings (SSSR count). The second kappa shape index (κ2) is 6.54. The van der Waals surface area contributed by atoms with Crippen LogP contribution in [0.1, 0.15) is 23.2 Å². The zero-order chi connectivity index (χ0) is 15.6. The fraction of sp³-hybridized carbons (Fsp3) is 0.429. The first kappa shape index (κ1) is 15.9. The summed E-state index contributed by atoms with van der Waals surface area (Å²) in [6.07, 6.45) is 1.55. The van der Waals surface area contributed by atoms with Crippen molar-refractivity contribution in [2.24, 2.45) is 5.92 Å². The highest BCUT2D eigenvalue weighted by Crippen LogP contribution is 2.30. The summed E-state index contributed by atoms with van der Waals surface area (Å²) >= 11 is 12.0. The minimum absolute atomic E-state index is 0.0517. The average molecular weight is 330 g/mol. The number of anilines is 1. The molecule has 1 saturated heterocycles. The first-order chi connectivity index (χ1) is 9.93. The maximum Gasteiger partial charge on any atom is 0.255 e. The Balaban J connectivity index is 2.22. The van der Waals surface area contributed by atoms with Crippen LogP contribution >= 0.6 is 23.2 Å². The Morgan fingerprint density at radius 3 is 2.76 bits per heavy atom. The van der Waals surface area contributed by atoms with E-state index in [0.29, 0.717) is 18.8 Å². The van der Waals surface area contributed by atoms with E-state index in [2.05, 4.69) is 5.32 Å². The van der Waals surface area contributed by atoms with Crippen LogP contribution in [0.4, 0.5) is 5.69 Å². The zero-order valence-electron chi connectivity index (χ0n) is 11.7. The summed E-state index contributed by atoms with van der Waals surface area (Å²) < 4.78 is 0. The van der Waals surface area contributed by atoms with Gasteiger partial charge in [-0.05, 0) is 25.0 Å². The molecular formula is C14H17Cl2N3O2. The van der Waals surface area contributed by atoms with Crippen molar-refractivity contribution in [3.8, 4) is 0 Å². The van der Waals surface area contributed by atoms with Crippen LogP contribution in [-0.4, -0.2) is 36.9 Å². The molecule has 0 saturated carbocycles. The monoisotopic (exact) mass is 329 g/mol. The van der Waals surface area contributed by atoms with E-state index >= 15 is 0 Å². The summed E-state index contributed by atoms with van der Waals surface area (Å²) in [5.41, 5.74) is 6.37. The molecule has 0 radical (unpaired) electrons. The first-order valence-corrected chi connectivity index (χ1v) is 7.45. The van der Waals surface area contributed by atoms with Crippen molar-refractivity contribution in [3.63, 3.8) is 0 Å². The Kier molecular flexibility index (Phi) is 4.96.